The average molecular weight is 226 g/mol. The Balaban J connectivity index is 2.58. The van der Waals surface area contributed by atoms with Crippen molar-refractivity contribution in [1.29, 1.82) is 0 Å². The highest BCUT2D eigenvalue weighted by molar-refractivity contribution is 5.82. The lowest BCUT2D eigenvalue weighted by molar-refractivity contribution is -0.136. The number of nitrogens with one attached hydrogen (secondary N) is 1. The number of carbonyl (C=O) groups excluding carboxylic acids is 1. The predicted octanol–water partition coefficient (Wildman–Crippen LogP) is 2.02. The molecular weight excluding hydrogens is 200 g/mol. The summed E-state index contributed by atoms with van der Waals surface area (Å²) in [6.07, 6.45) is 3.38. The van der Waals surface area contributed by atoms with Gasteiger partial charge in [-0.05, 0) is 39.2 Å². The van der Waals surface area contributed by atoms with Crippen LogP contribution in [0.2, 0.25) is 0 Å². The van der Waals surface area contributed by atoms with Gasteiger partial charge in [0.1, 0.15) is 0 Å². The molecule has 0 aromatic rings. The molecular formula is C13H26N2O. The third-order valence-electron chi connectivity index (χ3n) is 3.08. The van der Waals surface area contributed by atoms with E-state index in [2.05, 4.69) is 33.0 Å². The maximum absolute atomic E-state index is 12.3. The molecule has 0 saturated carbocycles. The highest BCUT2D eigenvalue weighted by Crippen LogP contribution is 2.13. The zero-order valence-corrected chi connectivity index (χ0v) is 11.1. The van der Waals surface area contributed by atoms with Crippen molar-refractivity contribution in [3.05, 3.63) is 0 Å². The van der Waals surface area contributed by atoms with E-state index in [-0.39, 0.29) is 6.04 Å². The Labute approximate surface area is 99.6 Å². The van der Waals surface area contributed by atoms with Crippen LogP contribution in [0.4, 0.5) is 0 Å². The molecule has 0 aromatic carbocycles. The molecule has 0 aliphatic carbocycles. The van der Waals surface area contributed by atoms with Crippen molar-refractivity contribution in [1.82, 2.24) is 10.2 Å². The van der Waals surface area contributed by atoms with Crippen molar-refractivity contribution < 1.29 is 4.79 Å². The minimum atomic E-state index is 0.0647. The predicted molar refractivity (Wildman–Crippen MR) is 67.3 cm³/mol. The molecule has 1 aliphatic heterocycles. The maximum atomic E-state index is 12.3. The van der Waals surface area contributed by atoms with Gasteiger partial charge in [0.05, 0.1) is 6.04 Å². The lowest BCUT2D eigenvalue weighted by Gasteiger charge is -2.33. The van der Waals surface area contributed by atoms with Crippen molar-refractivity contribution in [2.24, 2.45) is 5.92 Å². The van der Waals surface area contributed by atoms with Gasteiger partial charge in [0.25, 0.3) is 0 Å². The molecule has 0 aromatic heterocycles. The Morgan fingerprint density at radius 3 is 2.44 bits per heavy atom. The smallest absolute Gasteiger partial charge is 0.239 e. The van der Waals surface area contributed by atoms with Gasteiger partial charge in [0.15, 0.2) is 0 Å². The molecule has 1 saturated heterocycles. The molecule has 1 rings (SSSR count). The van der Waals surface area contributed by atoms with Crippen molar-refractivity contribution >= 4 is 5.91 Å². The van der Waals surface area contributed by atoms with Crippen molar-refractivity contribution in [2.75, 3.05) is 13.1 Å². The van der Waals surface area contributed by atoms with E-state index in [9.17, 15) is 4.79 Å². The SMILES string of the molecule is CC(C)CN(C(=O)[C@@H]1CCCCN1)C(C)C. The Morgan fingerprint density at radius 1 is 1.31 bits per heavy atom. The minimum absolute atomic E-state index is 0.0647. The molecule has 94 valence electrons. The Kier molecular flexibility index (Phi) is 5.26. The van der Waals surface area contributed by atoms with Gasteiger partial charge in [-0.2, -0.15) is 0 Å². The third kappa shape index (κ3) is 3.78. The van der Waals surface area contributed by atoms with Gasteiger partial charge in [-0.3, -0.25) is 4.79 Å². The zero-order valence-electron chi connectivity index (χ0n) is 11.1. The normalized spacial score (nSPS) is 21.5. The van der Waals surface area contributed by atoms with Crippen molar-refractivity contribution in [3.8, 4) is 0 Å². The van der Waals surface area contributed by atoms with E-state index in [4.69, 9.17) is 0 Å². The monoisotopic (exact) mass is 226 g/mol. The van der Waals surface area contributed by atoms with Gasteiger partial charge in [0.2, 0.25) is 5.91 Å². The summed E-state index contributed by atoms with van der Waals surface area (Å²) in [5.41, 5.74) is 0. The van der Waals surface area contributed by atoms with Crippen LogP contribution in [0.5, 0.6) is 0 Å². The second-order valence-electron chi connectivity index (χ2n) is 5.48. The summed E-state index contributed by atoms with van der Waals surface area (Å²) in [5, 5.41) is 3.34. The highest BCUT2D eigenvalue weighted by atomic mass is 16.2. The number of amides is 1. The standard InChI is InChI=1S/C13H26N2O/c1-10(2)9-15(11(3)4)13(16)12-7-5-6-8-14-12/h10-12,14H,5-9H2,1-4H3/t12-/m0/s1. The van der Waals surface area contributed by atoms with Crippen molar-refractivity contribution in [2.45, 2.75) is 59.0 Å². The number of carbonyl (C=O) groups is 1. The van der Waals surface area contributed by atoms with Gasteiger partial charge >= 0.3 is 0 Å². The maximum Gasteiger partial charge on any atom is 0.239 e. The van der Waals surface area contributed by atoms with Crippen LogP contribution in [0.25, 0.3) is 0 Å². The molecule has 3 heteroatoms. The molecule has 16 heavy (non-hydrogen) atoms. The number of nitrogens with zero attached hydrogens (tertiary/aromatic N) is 1. The summed E-state index contributed by atoms with van der Waals surface area (Å²) in [6, 6.07) is 0.369. The van der Waals surface area contributed by atoms with E-state index >= 15 is 0 Å². The van der Waals surface area contributed by atoms with E-state index < -0.39 is 0 Å². The summed E-state index contributed by atoms with van der Waals surface area (Å²) in [7, 11) is 0. The molecule has 1 heterocycles. The number of piperidine rings is 1. The van der Waals surface area contributed by atoms with Crippen LogP contribution >= 0.6 is 0 Å². The lowest BCUT2D eigenvalue weighted by atomic mass is 10.0. The largest absolute Gasteiger partial charge is 0.339 e. The molecule has 0 spiro atoms. The first-order chi connectivity index (χ1) is 7.52. The fourth-order valence-corrected chi connectivity index (χ4v) is 2.21. The van der Waals surface area contributed by atoms with Gasteiger partial charge in [-0.25, -0.2) is 0 Å². The van der Waals surface area contributed by atoms with Crippen LogP contribution < -0.4 is 5.32 Å². The van der Waals surface area contributed by atoms with Crippen LogP contribution in [-0.2, 0) is 4.79 Å². The van der Waals surface area contributed by atoms with E-state index in [0.29, 0.717) is 17.9 Å². The molecule has 1 N–H and O–H groups in total. The lowest BCUT2D eigenvalue weighted by Crippen LogP contribution is -2.51. The van der Waals surface area contributed by atoms with Crippen molar-refractivity contribution in [3.63, 3.8) is 0 Å². The Bertz CT molecular complexity index is 220. The highest BCUT2D eigenvalue weighted by Gasteiger charge is 2.27. The molecule has 1 aliphatic rings. The molecule has 1 fully saturated rings. The van der Waals surface area contributed by atoms with Crippen LogP contribution in [0.15, 0.2) is 0 Å². The number of hydrogen-bond donors (Lipinski definition) is 1. The molecule has 0 unspecified atom stereocenters. The quantitative estimate of drug-likeness (QED) is 0.795. The second-order valence-corrected chi connectivity index (χ2v) is 5.48. The Morgan fingerprint density at radius 2 is 2.00 bits per heavy atom. The summed E-state index contributed by atoms with van der Waals surface area (Å²) < 4.78 is 0. The summed E-state index contributed by atoms with van der Waals surface area (Å²) in [4.78, 5) is 14.4. The minimum Gasteiger partial charge on any atom is -0.339 e. The molecule has 1 amide bonds. The summed E-state index contributed by atoms with van der Waals surface area (Å²) >= 11 is 0. The van der Waals surface area contributed by atoms with E-state index in [1.54, 1.807) is 0 Å². The number of rotatable bonds is 4. The first-order valence-electron chi connectivity index (χ1n) is 6.56. The van der Waals surface area contributed by atoms with E-state index in [0.717, 1.165) is 19.5 Å². The third-order valence-corrected chi connectivity index (χ3v) is 3.08. The summed E-state index contributed by atoms with van der Waals surface area (Å²) in [6.45, 7) is 10.4. The van der Waals surface area contributed by atoms with E-state index in [1.807, 2.05) is 4.90 Å². The van der Waals surface area contributed by atoms with Crippen LogP contribution in [0.3, 0.4) is 0 Å². The first kappa shape index (κ1) is 13.5. The van der Waals surface area contributed by atoms with Crippen LogP contribution in [0, 0.1) is 5.92 Å². The average Bonchev–Trinajstić information content (AvgIpc) is 2.25. The fourth-order valence-electron chi connectivity index (χ4n) is 2.21. The second kappa shape index (κ2) is 6.24. The van der Waals surface area contributed by atoms with Crippen LogP contribution in [-0.4, -0.2) is 36.0 Å². The van der Waals surface area contributed by atoms with Gasteiger partial charge < -0.3 is 10.2 Å². The molecule has 0 bridgehead atoms. The van der Waals surface area contributed by atoms with Crippen LogP contribution in [0.1, 0.15) is 47.0 Å². The van der Waals surface area contributed by atoms with E-state index in [1.165, 1.54) is 12.8 Å². The number of hydrogen-bond acceptors (Lipinski definition) is 2. The first-order valence-corrected chi connectivity index (χ1v) is 6.56. The zero-order chi connectivity index (χ0) is 12.1. The fraction of sp³-hybridized carbons (Fsp3) is 0.923. The van der Waals surface area contributed by atoms with Gasteiger partial charge in [-0.1, -0.05) is 20.3 Å². The molecule has 0 radical (unpaired) electrons. The topological polar surface area (TPSA) is 32.3 Å². The molecule has 1 atom stereocenters. The summed E-state index contributed by atoms with van der Waals surface area (Å²) in [5.74, 6) is 0.832. The Hall–Kier alpha value is -0.570. The van der Waals surface area contributed by atoms with Gasteiger partial charge in [0, 0.05) is 12.6 Å². The van der Waals surface area contributed by atoms with Gasteiger partial charge in [-0.15, -0.1) is 0 Å². The molecule has 3 nitrogen and oxygen atoms in total.